The van der Waals surface area contributed by atoms with Crippen molar-refractivity contribution in [1.82, 2.24) is 9.88 Å². The van der Waals surface area contributed by atoms with Crippen LogP contribution in [-0.2, 0) is 29.1 Å². The van der Waals surface area contributed by atoms with Gasteiger partial charge in [-0.3, -0.25) is 4.79 Å². The lowest BCUT2D eigenvalue weighted by molar-refractivity contribution is -0.681. The van der Waals surface area contributed by atoms with Crippen LogP contribution in [0.1, 0.15) is 33.5 Å². The Labute approximate surface area is 226 Å². The molecule has 0 aliphatic rings. The third-order valence-corrected chi connectivity index (χ3v) is 5.58. The van der Waals surface area contributed by atoms with Gasteiger partial charge < -0.3 is 53.7 Å². The van der Waals surface area contributed by atoms with E-state index in [-0.39, 0.29) is 54.9 Å². The molecule has 0 aliphatic heterocycles. The molecule has 3 aromatic rings. The first kappa shape index (κ1) is 29.5. The first-order chi connectivity index (χ1) is 17.0. The summed E-state index contributed by atoms with van der Waals surface area (Å²) < 4.78 is 20.5. The van der Waals surface area contributed by atoms with Gasteiger partial charge in [0.1, 0.15) is 18.8 Å². The molecule has 0 fully saturated rings. The van der Waals surface area contributed by atoms with Crippen LogP contribution in [0.2, 0.25) is 0 Å². The van der Waals surface area contributed by atoms with Gasteiger partial charge in [0.15, 0.2) is 11.0 Å². The number of imidazole rings is 1. The van der Waals surface area contributed by atoms with Gasteiger partial charge in [-0.25, -0.2) is 13.9 Å². The number of hydrogen-bond donors (Lipinski definition) is 3. The van der Waals surface area contributed by atoms with E-state index in [4.69, 9.17) is 19.3 Å². The van der Waals surface area contributed by atoms with Crippen molar-refractivity contribution in [3.05, 3.63) is 59.4 Å². The normalized spacial score (nSPS) is 10.8. The number of carbonyl (C=O) groups excluding carboxylic acids is 1. The quantitative estimate of drug-likeness (QED) is 0.116. The highest BCUT2D eigenvalue weighted by molar-refractivity contribution is 6.04. The molecule has 0 bridgehead atoms. The molecule has 36 heavy (non-hydrogen) atoms. The zero-order valence-electron chi connectivity index (χ0n) is 20.4. The first-order valence-corrected chi connectivity index (χ1v) is 11.5. The summed E-state index contributed by atoms with van der Waals surface area (Å²) in [5, 5.41) is 21.1. The minimum atomic E-state index is -1.15. The second-order valence-corrected chi connectivity index (χ2v) is 7.65. The van der Waals surface area contributed by atoms with Crippen molar-refractivity contribution in [3.63, 3.8) is 0 Å². The summed E-state index contributed by atoms with van der Waals surface area (Å²) in [5.41, 5.74) is 1.98. The number of halogens is 1. The van der Waals surface area contributed by atoms with Crippen molar-refractivity contribution in [2.75, 3.05) is 40.1 Å². The fourth-order valence-electron chi connectivity index (χ4n) is 3.96. The van der Waals surface area contributed by atoms with Gasteiger partial charge in [-0.05, 0) is 31.2 Å². The molecule has 3 N–H and O–H groups in total. The largest absolute Gasteiger partial charge is 1.00 e. The third kappa shape index (κ3) is 7.15. The van der Waals surface area contributed by atoms with Crippen LogP contribution in [-0.4, -0.2) is 66.8 Å². The number of carbonyl (C=O) groups is 2. The van der Waals surface area contributed by atoms with E-state index < -0.39 is 11.9 Å². The molecule has 0 radical (unpaired) electrons. The highest BCUT2D eigenvalue weighted by Crippen LogP contribution is 2.21. The number of ether oxygens (including phenoxy) is 3. The van der Waals surface area contributed by atoms with E-state index in [1.54, 1.807) is 19.2 Å². The van der Waals surface area contributed by atoms with Crippen molar-refractivity contribution >= 4 is 22.9 Å². The number of aliphatic hydroxyl groups is 1. The van der Waals surface area contributed by atoms with E-state index in [0.29, 0.717) is 32.9 Å². The molecule has 0 saturated heterocycles. The number of nitrogens with zero attached hydrogens (tertiary/aromatic N) is 2. The van der Waals surface area contributed by atoms with Gasteiger partial charge in [0.25, 0.3) is 11.7 Å². The number of fused-ring (bicyclic) bond motifs is 1. The van der Waals surface area contributed by atoms with Crippen molar-refractivity contribution in [1.29, 1.82) is 0 Å². The molecular formula is C25H32IN3O7. The number of aromatic nitrogens is 2. The number of carboxylic acid groups (broad SMARTS) is 1. The topological polar surface area (TPSA) is 123 Å². The zero-order valence-corrected chi connectivity index (χ0v) is 22.6. The Balaban J connectivity index is 0.00000456. The third-order valence-electron chi connectivity index (χ3n) is 5.58. The highest BCUT2D eigenvalue weighted by atomic mass is 127. The van der Waals surface area contributed by atoms with Gasteiger partial charge in [0.05, 0.1) is 57.8 Å². The summed E-state index contributed by atoms with van der Waals surface area (Å²) in [6, 6.07) is 11.9. The molecule has 0 atom stereocenters. The van der Waals surface area contributed by atoms with Crippen molar-refractivity contribution < 1.29 is 62.6 Å². The molecule has 10 nitrogen and oxygen atoms in total. The fraction of sp³-hybridized carbons (Fsp3) is 0.400. The number of carboxylic acids is 1. The Bertz CT molecular complexity index is 1170. The number of hydrogen-bond acceptors (Lipinski definition) is 6. The summed E-state index contributed by atoms with van der Waals surface area (Å²) in [6.07, 6.45) is 0. The Kier molecular flexibility index (Phi) is 12.1. The molecular weight excluding hydrogens is 581 g/mol. The van der Waals surface area contributed by atoms with Gasteiger partial charge in [-0.15, -0.1) is 0 Å². The minimum Gasteiger partial charge on any atom is -1.00 e. The lowest BCUT2D eigenvalue weighted by atomic mass is 10.1. The first-order valence-electron chi connectivity index (χ1n) is 11.5. The molecule has 2 aromatic carbocycles. The molecule has 1 amide bonds. The van der Waals surface area contributed by atoms with E-state index in [1.165, 1.54) is 12.1 Å². The van der Waals surface area contributed by atoms with E-state index in [9.17, 15) is 14.7 Å². The number of methoxy groups -OCH3 is 1. The number of nitrogens with one attached hydrogen (secondary N) is 1. The highest BCUT2D eigenvalue weighted by Gasteiger charge is 2.26. The van der Waals surface area contributed by atoms with Crippen molar-refractivity contribution in [3.8, 4) is 5.75 Å². The van der Waals surface area contributed by atoms with Crippen LogP contribution >= 0.6 is 0 Å². The molecule has 0 aliphatic carbocycles. The molecule has 196 valence electrons. The van der Waals surface area contributed by atoms with E-state index in [1.807, 2.05) is 25.1 Å². The standard InChI is InChI=1S/C25H31N3O7.HI/c1-3-27-22-16-18(33-2)8-9-21(22)28(10-12-34-14-15-35-13-11-29)23(27)17-26-24(30)19-6-4-5-7-20(19)25(31)32;/h4-9,16,29H,3,10-15,17H2,1-2H3,(H-,26,30,31,32);1H. The average molecular weight is 613 g/mol. The molecule has 1 heterocycles. The molecule has 0 unspecified atom stereocenters. The van der Waals surface area contributed by atoms with Crippen LogP contribution in [0, 0.1) is 0 Å². The number of rotatable bonds is 14. The predicted octanol–water partition coefficient (Wildman–Crippen LogP) is -1.38. The van der Waals surface area contributed by atoms with E-state index >= 15 is 0 Å². The number of amides is 1. The summed E-state index contributed by atoms with van der Waals surface area (Å²) in [7, 11) is 1.61. The number of aryl methyl sites for hydroxylation is 1. The van der Waals surface area contributed by atoms with Gasteiger partial charge >= 0.3 is 5.97 Å². The molecule has 1 aromatic heterocycles. The van der Waals surface area contributed by atoms with Gasteiger partial charge in [0.2, 0.25) is 0 Å². The summed E-state index contributed by atoms with van der Waals surface area (Å²) in [6.45, 7) is 4.87. The maximum atomic E-state index is 12.9. The van der Waals surface area contributed by atoms with Crippen molar-refractivity contribution in [2.24, 2.45) is 0 Å². The molecule has 3 rings (SSSR count). The Hall–Kier alpha value is -2.74. The van der Waals surface area contributed by atoms with Crippen LogP contribution in [0.25, 0.3) is 11.0 Å². The summed E-state index contributed by atoms with van der Waals surface area (Å²) in [5.74, 6) is -0.0461. The van der Waals surface area contributed by atoms with E-state index in [0.717, 1.165) is 22.6 Å². The molecule has 11 heteroatoms. The number of benzene rings is 2. The minimum absolute atomic E-state index is 0. The van der Waals surface area contributed by atoms with Gasteiger partial charge in [-0.2, -0.15) is 0 Å². The Morgan fingerprint density at radius 3 is 2.36 bits per heavy atom. The fourth-order valence-corrected chi connectivity index (χ4v) is 3.96. The maximum Gasteiger partial charge on any atom is 0.336 e. The van der Waals surface area contributed by atoms with Crippen LogP contribution in [0.15, 0.2) is 42.5 Å². The van der Waals surface area contributed by atoms with Crippen LogP contribution in [0.3, 0.4) is 0 Å². The summed E-state index contributed by atoms with van der Waals surface area (Å²) in [4.78, 5) is 24.4. The lowest BCUT2D eigenvalue weighted by Gasteiger charge is -2.09. The Morgan fingerprint density at radius 2 is 1.72 bits per heavy atom. The van der Waals surface area contributed by atoms with Crippen molar-refractivity contribution in [2.45, 2.75) is 26.6 Å². The lowest BCUT2D eigenvalue weighted by Crippen LogP contribution is -3.00. The monoisotopic (exact) mass is 613 g/mol. The predicted molar refractivity (Wildman–Crippen MR) is 128 cm³/mol. The number of aliphatic hydroxyl groups excluding tert-OH is 1. The van der Waals surface area contributed by atoms with Gasteiger partial charge in [-0.1, -0.05) is 12.1 Å². The number of aromatic carboxylic acids is 1. The maximum absolute atomic E-state index is 12.9. The Morgan fingerprint density at radius 1 is 1.03 bits per heavy atom. The average Bonchev–Trinajstić information content (AvgIpc) is 3.18. The smallest absolute Gasteiger partial charge is 0.336 e. The summed E-state index contributed by atoms with van der Waals surface area (Å²) >= 11 is 0. The zero-order chi connectivity index (χ0) is 25.2. The SMILES string of the molecule is CCn1c(CNC(=O)c2ccccc2C(=O)O)[n+](CCOCCOCCO)c2ccc(OC)cc21.[I-]. The second-order valence-electron chi connectivity index (χ2n) is 7.65. The van der Waals surface area contributed by atoms with Gasteiger partial charge in [0, 0.05) is 6.07 Å². The van der Waals surface area contributed by atoms with E-state index in [2.05, 4.69) is 14.5 Å². The molecule has 0 saturated carbocycles. The van der Waals surface area contributed by atoms with Crippen LogP contribution in [0.4, 0.5) is 0 Å². The van der Waals surface area contributed by atoms with Crippen LogP contribution in [0.5, 0.6) is 5.75 Å². The second kappa shape index (κ2) is 14.7. The molecule has 0 spiro atoms. The van der Waals surface area contributed by atoms with Crippen LogP contribution < -0.4 is 38.6 Å².